The number of halogens is 1. The zero-order valence-electron chi connectivity index (χ0n) is 6.73. The second kappa shape index (κ2) is 3.42. The van der Waals surface area contributed by atoms with Gasteiger partial charge in [0.05, 0.1) is 14.8 Å². The fraction of sp³-hybridized carbons (Fsp3) is 0. The molecule has 0 fully saturated rings. The number of nitro groups is 1. The number of nitro benzene ring substituents is 1. The predicted octanol–water partition coefficient (Wildman–Crippen LogP) is 3.75. The molecule has 0 spiro atoms. The van der Waals surface area contributed by atoms with Crippen molar-refractivity contribution in [1.29, 1.82) is 0 Å². The highest BCUT2D eigenvalue weighted by Gasteiger charge is 2.14. The monoisotopic (exact) mass is 245 g/mol. The summed E-state index contributed by atoms with van der Waals surface area (Å²) < 4.78 is 0.805. The van der Waals surface area contributed by atoms with Crippen LogP contribution >= 0.6 is 35.6 Å². The number of thiophene rings is 1. The Morgan fingerprint density at radius 1 is 1.50 bits per heavy atom. The fourth-order valence-electron chi connectivity index (χ4n) is 1.17. The van der Waals surface area contributed by atoms with Crippen molar-refractivity contribution in [3.63, 3.8) is 0 Å². The van der Waals surface area contributed by atoms with Crippen LogP contribution in [-0.4, -0.2) is 4.92 Å². The fourth-order valence-corrected chi connectivity index (χ4v) is 2.62. The van der Waals surface area contributed by atoms with Crippen LogP contribution in [0.4, 0.5) is 5.69 Å². The van der Waals surface area contributed by atoms with Crippen molar-refractivity contribution in [2.75, 3.05) is 0 Å². The van der Waals surface area contributed by atoms with E-state index in [2.05, 4.69) is 12.6 Å². The van der Waals surface area contributed by atoms with Crippen LogP contribution in [0.3, 0.4) is 0 Å². The van der Waals surface area contributed by atoms with E-state index in [1.165, 1.54) is 17.4 Å². The van der Waals surface area contributed by atoms with Gasteiger partial charge in [0.1, 0.15) is 0 Å². The summed E-state index contributed by atoms with van der Waals surface area (Å²) in [6.07, 6.45) is 0. The third kappa shape index (κ3) is 1.47. The van der Waals surface area contributed by atoms with E-state index in [0.29, 0.717) is 9.92 Å². The standard InChI is InChI=1S/C8H4ClNO2S2/c9-5-3-14-8-2-6(10(11)12)7(13)1-4(5)8/h1-3,13H. The summed E-state index contributed by atoms with van der Waals surface area (Å²) in [5.41, 5.74) is 0.0133. The second-order valence-corrected chi connectivity index (χ2v) is 4.48. The minimum absolute atomic E-state index is 0.0133. The van der Waals surface area contributed by atoms with E-state index in [1.807, 2.05) is 0 Å². The summed E-state index contributed by atoms with van der Waals surface area (Å²) in [5.74, 6) is 0. The molecule has 2 rings (SSSR count). The molecule has 0 N–H and O–H groups in total. The minimum atomic E-state index is -0.449. The molecule has 3 nitrogen and oxygen atoms in total. The van der Waals surface area contributed by atoms with Crippen LogP contribution in [0.25, 0.3) is 10.1 Å². The lowest BCUT2D eigenvalue weighted by molar-refractivity contribution is -0.387. The van der Waals surface area contributed by atoms with Crippen LogP contribution in [0.2, 0.25) is 5.02 Å². The average molecular weight is 246 g/mol. The molecular formula is C8H4ClNO2S2. The topological polar surface area (TPSA) is 43.1 Å². The summed E-state index contributed by atoms with van der Waals surface area (Å²) in [6, 6.07) is 3.11. The van der Waals surface area contributed by atoms with Gasteiger partial charge >= 0.3 is 0 Å². The molecule has 0 aliphatic heterocycles. The molecule has 0 atom stereocenters. The van der Waals surface area contributed by atoms with Gasteiger partial charge in [-0.25, -0.2) is 0 Å². The largest absolute Gasteiger partial charge is 0.284 e. The number of fused-ring (bicyclic) bond motifs is 1. The molecule has 72 valence electrons. The molecule has 0 radical (unpaired) electrons. The highest BCUT2D eigenvalue weighted by atomic mass is 35.5. The van der Waals surface area contributed by atoms with Crippen LogP contribution in [0.1, 0.15) is 0 Å². The average Bonchev–Trinajstić information content (AvgIpc) is 2.46. The highest BCUT2D eigenvalue weighted by molar-refractivity contribution is 7.80. The van der Waals surface area contributed by atoms with Crippen molar-refractivity contribution in [3.8, 4) is 0 Å². The molecule has 0 amide bonds. The van der Waals surface area contributed by atoms with E-state index in [0.717, 1.165) is 10.1 Å². The smallest absolute Gasteiger partial charge is 0.258 e. The van der Waals surface area contributed by atoms with Gasteiger partial charge in [0.25, 0.3) is 5.69 Å². The Labute approximate surface area is 93.9 Å². The van der Waals surface area contributed by atoms with Gasteiger partial charge in [-0.2, -0.15) is 0 Å². The molecular weight excluding hydrogens is 242 g/mol. The molecule has 1 aromatic heterocycles. The van der Waals surface area contributed by atoms with Crippen LogP contribution in [0, 0.1) is 10.1 Å². The van der Waals surface area contributed by atoms with Crippen molar-refractivity contribution >= 4 is 51.3 Å². The summed E-state index contributed by atoms with van der Waals surface area (Å²) >= 11 is 11.3. The first-order valence-electron chi connectivity index (χ1n) is 3.63. The maximum atomic E-state index is 10.6. The van der Waals surface area contributed by atoms with E-state index in [4.69, 9.17) is 11.6 Å². The molecule has 0 unspecified atom stereocenters. The van der Waals surface area contributed by atoms with E-state index in [-0.39, 0.29) is 5.69 Å². The second-order valence-electron chi connectivity index (χ2n) is 2.68. The molecule has 0 aliphatic rings. The van der Waals surface area contributed by atoms with E-state index in [1.54, 1.807) is 11.4 Å². The lowest BCUT2D eigenvalue weighted by atomic mass is 10.2. The van der Waals surface area contributed by atoms with Gasteiger partial charge in [-0.15, -0.1) is 24.0 Å². The third-order valence-electron chi connectivity index (χ3n) is 1.82. The van der Waals surface area contributed by atoms with Crippen LogP contribution in [-0.2, 0) is 0 Å². The van der Waals surface area contributed by atoms with Crippen LogP contribution < -0.4 is 0 Å². The third-order valence-corrected chi connectivity index (χ3v) is 3.57. The van der Waals surface area contributed by atoms with Gasteiger partial charge in [0.2, 0.25) is 0 Å². The van der Waals surface area contributed by atoms with Crippen LogP contribution in [0.15, 0.2) is 22.4 Å². The number of hydrogen-bond donors (Lipinski definition) is 1. The molecule has 6 heteroatoms. The summed E-state index contributed by atoms with van der Waals surface area (Å²) in [4.78, 5) is 10.5. The van der Waals surface area contributed by atoms with Crippen molar-refractivity contribution < 1.29 is 4.92 Å². The predicted molar refractivity (Wildman–Crippen MR) is 60.7 cm³/mol. The van der Waals surface area contributed by atoms with Crippen molar-refractivity contribution in [3.05, 3.63) is 32.6 Å². The molecule has 0 saturated carbocycles. The zero-order chi connectivity index (χ0) is 10.3. The van der Waals surface area contributed by atoms with Gasteiger partial charge in [-0.3, -0.25) is 10.1 Å². The Balaban J connectivity index is 2.79. The first-order chi connectivity index (χ1) is 6.59. The number of benzene rings is 1. The van der Waals surface area contributed by atoms with E-state index in [9.17, 15) is 10.1 Å². The minimum Gasteiger partial charge on any atom is -0.258 e. The van der Waals surface area contributed by atoms with E-state index >= 15 is 0 Å². The zero-order valence-corrected chi connectivity index (χ0v) is 9.20. The van der Waals surface area contributed by atoms with Gasteiger partial charge in [0, 0.05) is 21.5 Å². The molecule has 1 aromatic carbocycles. The quantitative estimate of drug-likeness (QED) is 0.472. The molecule has 0 bridgehead atoms. The normalized spacial score (nSPS) is 10.7. The maximum absolute atomic E-state index is 10.6. The maximum Gasteiger partial charge on any atom is 0.284 e. The Morgan fingerprint density at radius 3 is 2.86 bits per heavy atom. The van der Waals surface area contributed by atoms with Gasteiger partial charge < -0.3 is 0 Å². The molecule has 14 heavy (non-hydrogen) atoms. The number of nitrogens with zero attached hydrogens (tertiary/aromatic N) is 1. The van der Waals surface area contributed by atoms with Gasteiger partial charge in [-0.1, -0.05) is 11.6 Å². The number of rotatable bonds is 1. The summed E-state index contributed by atoms with van der Waals surface area (Å²) in [5, 5.41) is 13.8. The van der Waals surface area contributed by atoms with Crippen LogP contribution in [0.5, 0.6) is 0 Å². The Kier molecular flexibility index (Phi) is 2.38. The molecule has 0 saturated heterocycles. The van der Waals surface area contributed by atoms with Crippen molar-refractivity contribution in [2.24, 2.45) is 0 Å². The molecule has 0 aliphatic carbocycles. The Morgan fingerprint density at radius 2 is 2.21 bits per heavy atom. The SMILES string of the molecule is O=[N+]([O-])c1cc2scc(Cl)c2cc1S. The Hall–Kier alpha value is -0.780. The first kappa shape index (κ1) is 9.76. The van der Waals surface area contributed by atoms with Crippen molar-refractivity contribution in [2.45, 2.75) is 4.90 Å². The van der Waals surface area contributed by atoms with Crippen molar-refractivity contribution in [1.82, 2.24) is 0 Å². The molecule has 2 aromatic rings. The highest BCUT2D eigenvalue weighted by Crippen LogP contribution is 2.36. The molecule has 1 heterocycles. The lowest BCUT2D eigenvalue weighted by Crippen LogP contribution is -1.88. The van der Waals surface area contributed by atoms with E-state index < -0.39 is 4.92 Å². The number of thiol groups is 1. The summed E-state index contributed by atoms with van der Waals surface area (Å²) in [7, 11) is 0. The van der Waals surface area contributed by atoms with Gasteiger partial charge in [-0.05, 0) is 6.07 Å². The summed E-state index contributed by atoms with van der Waals surface area (Å²) in [6.45, 7) is 0. The Bertz CT molecular complexity index is 523. The lowest BCUT2D eigenvalue weighted by Gasteiger charge is -1.96. The number of hydrogen-bond acceptors (Lipinski definition) is 4. The van der Waals surface area contributed by atoms with Gasteiger partial charge in [0.15, 0.2) is 0 Å². The first-order valence-corrected chi connectivity index (χ1v) is 5.34.